The lowest BCUT2D eigenvalue weighted by Gasteiger charge is -2.07. The van der Waals surface area contributed by atoms with Gasteiger partial charge in [0.15, 0.2) is 5.82 Å². The Labute approximate surface area is 119 Å². The third kappa shape index (κ3) is 4.21. The highest BCUT2D eigenvalue weighted by molar-refractivity contribution is 6.29. The van der Waals surface area contributed by atoms with Crippen molar-refractivity contribution in [3.63, 3.8) is 0 Å². The number of hydrogen-bond donors (Lipinski definition) is 1. The van der Waals surface area contributed by atoms with E-state index in [1.54, 1.807) is 6.07 Å². The molecule has 0 aliphatic rings. The number of benzene rings is 1. The standard InChI is InChI=1S/C15H18ClN3/c1-2-3-7-10-17-14-11-13(16)18-15(19-14)12-8-5-4-6-9-12/h4-6,8-9,11H,2-3,7,10H2,1H3,(H,17,18,19). The summed E-state index contributed by atoms with van der Waals surface area (Å²) in [5.74, 6) is 1.45. The fourth-order valence-electron chi connectivity index (χ4n) is 1.82. The van der Waals surface area contributed by atoms with Crippen molar-refractivity contribution >= 4 is 17.4 Å². The predicted octanol–water partition coefficient (Wildman–Crippen LogP) is 4.40. The largest absolute Gasteiger partial charge is 0.370 e. The molecule has 0 bridgehead atoms. The first kappa shape index (κ1) is 13.8. The quantitative estimate of drug-likeness (QED) is 0.627. The maximum absolute atomic E-state index is 6.05. The molecule has 2 rings (SSSR count). The van der Waals surface area contributed by atoms with E-state index in [-0.39, 0.29) is 0 Å². The molecule has 0 fully saturated rings. The summed E-state index contributed by atoms with van der Waals surface area (Å²) in [5.41, 5.74) is 0.974. The van der Waals surface area contributed by atoms with Gasteiger partial charge in [-0.25, -0.2) is 9.97 Å². The molecule has 0 saturated carbocycles. The number of unbranched alkanes of at least 4 members (excludes halogenated alkanes) is 2. The second kappa shape index (κ2) is 7.10. The van der Waals surface area contributed by atoms with Gasteiger partial charge in [-0.05, 0) is 6.42 Å². The molecule has 100 valence electrons. The second-order valence-electron chi connectivity index (χ2n) is 4.40. The highest BCUT2D eigenvalue weighted by Gasteiger charge is 2.05. The van der Waals surface area contributed by atoms with Crippen LogP contribution in [0.5, 0.6) is 0 Å². The summed E-state index contributed by atoms with van der Waals surface area (Å²) in [6.07, 6.45) is 3.57. The van der Waals surface area contributed by atoms with Crippen molar-refractivity contribution in [3.05, 3.63) is 41.6 Å². The highest BCUT2D eigenvalue weighted by atomic mass is 35.5. The van der Waals surface area contributed by atoms with Gasteiger partial charge in [0.05, 0.1) is 0 Å². The van der Waals surface area contributed by atoms with E-state index in [9.17, 15) is 0 Å². The van der Waals surface area contributed by atoms with Crippen molar-refractivity contribution in [2.24, 2.45) is 0 Å². The van der Waals surface area contributed by atoms with Gasteiger partial charge in [0.25, 0.3) is 0 Å². The molecule has 0 unspecified atom stereocenters. The number of halogens is 1. The Morgan fingerprint density at radius 3 is 2.63 bits per heavy atom. The van der Waals surface area contributed by atoms with Crippen LogP contribution in [0.15, 0.2) is 36.4 Å². The van der Waals surface area contributed by atoms with E-state index < -0.39 is 0 Å². The van der Waals surface area contributed by atoms with Gasteiger partial charge in [0.2, 0.25) is 0 Å². The molecule has 0 atom stereocenters. The summed E-state index contributed by atoms with van der Waals surface area (Å²) >= 11 is 6.05. The van der Waals surface area contributed by atoms with Crippen LogP contribution in [0.4, 0.5) is 5.82 Å². The fourth-order valence-corrected chi connectivity index (χ4v) is 2.00. The molecule has 1 aromatic carbocycles. The van der Waals surface area contributed by atoms with Crippen molar-refractivity contribution in [2.75, 3.05) is 11.9 Å². The zero-order valence-electron chi connectivity index (χ0n) is 11.1. The van der Waals surface area contributed by atoms with Crippen molar-refractivity contribution in [3.8, 4) is 11.4 Å². The third-order valence-electron chi connectivity index (χ3n) is 2.81. The summed E-state index contributed by atoms with van der Waals surface area (Å²) < 4.78 is 0. The molecule has 19 heavy (non-hydrogen) atoms. The predicted molar refractivity (Wildman–Crippen MR) is 80.5 cm³/mol. The van der Waals surface area contributed by atoms with Gasteiger partial charge in [0, 0.05) is 18.2 Å². The molecular weight excluding hydrogens is 258 g/mol. The zero-order chi connectivity index (χ0) is 13.5. The topological polar surface area (TPSA) is 37.8 Å². The molecule has 0 aliphatic heterocycles. The number of nitrogens with one attached hydrogen (secondary N) is 1. The molecule has 1 aromatic heterocycles. The summed E-state index contributed by atoms with van der Waals surface area (Å²) in [5, 5.41) is 3.76. The first-order valence-corrected chi connectivity index (χ1v) is 7.01. The van der Waals surface area contributed by atoms with Gasteiger partial charge in [-0.3, -0.25) is 0 Å². The van der Waals surface area contributed by atoms with E-state index in [1.807, 2.05) is 30.3 Å². The highest BCUT2D eigenvalue weighted by Crippen LogP contribution is 2.19. The van der Waals surface area contributed by atoms with E-state index in [1.165, 1.54) is 12.8 Å². The molecule has 1 heterocycles. The van der Waals surface area contributed by atoms with Crippen LogP contribution in [0.1, 0.15) is 26.2 Å². The van der Waals surface area contributed by atoms with Crippen molar-refractivity contribution in [1.29, 1.82) is 0 Å². The molecule has 0 radical (unpaired) electrons. The molecule has 2 aromatic rings. The summed E-state index contributed by atoms with van der Waals surface area (Å²) in [7, 11) is 0. The minimum atomic E-state index is 0.465. The van der Waals surface area contributed by atoms with Crippen LogP contribution in [0, 0.1) is 0 Å². The molecule has 0 spiro atoms. The van der Waals surface area contributed by atoms with Crippen LogP contribution in [0.25, 0.3) is 11.4 Å². The molecule has 0 amide bonds. The fraction of sp³-hybridized carbons (Fsp3) is 0.333. The van der Waals surface area contributed by atoms with Gasteiger partial charge in [0.1, 0.15) is 11.0 Å². The first-order chi connectivity index (χ1) is 9.29. The Balaban J connectivity index is 2.11. The molecular formula is C15H18ClN3. The number of nitrogens with zero attached hydrogens (tertiary/aromatic N) is 2. The Morgan fingerprint density at radius 2 is 1.89 bits per heavy atom. The van der Waals surface area contributed by atoms with E-state index in [2.05, 4.69) is 22.2 Å². The summed E-state index contributed by atoms with van der Waals surface area (Å²) in [4.78, 5) is 8.76. The van der Waals surface area contributed by atoms with Gasteiger partial charge in [-0.2, -0.15) is 0 Å². The Kier molecular flexibility index (Phi) is 5.16. The Hall–Kier alpha value is -1.61. The second-order valence-corrected chi connectivity index (χ2v) is 4.79. The Morgan fingerprint density at radius 1 is 1.11 bits per heavy atom. The average Bonchev–Trinajstić information content (AvgIpc) is 2.44. The lowest BCUT2D eigenvalue weighted by Crippen LogP contribution is -2.04. The van der Waals surface area contributed by atoms with Crippen LogP contribution in [-0.4, -0.2) is 16.5 Å². The number of rotatable bonds is 6. The normalized spacial score (nSPS) is 10.4. The number of aromatic nitrogens is 2. The van der Waals surface area contributed by atoms with Crippen LogP contribution in [-0.2, 0) is 0 Å². The minimum absolute atomic E-state index is 0.465. The number of anilines is 1. The van der Waals surface area contributed by atoms with Gasteiger partial charge in [-0.15, -0.1) is 0 Å². The van der Waals surface area contributed by atoms with Crippen molar-refractivity contribution < 1.29 is 0 Å². The van der Waals surface area contributed by atoms with Crippen LogP contribution >= 0.6 is 11.6 Å². The average molecular weight is 276 g/mol. The van der Waals surface area contributed by atoms with E-state index in [4.69, 9.17) is 11.6 Å². The summed E-state index contributed by atoms with van der Waals surface area (Å²) in [6.45, 7) is 3.10. The summed E-state index contributed by atoms with van der Waals surface area (Å²) in [6, 6.07) is 11.6. The minimum Gasteiger partial charge on any atom is -0.370 e. The monoisotopic (exact) mass is 275 g/mol. The maximum atomic E-state index is 6.05. The van der Waals surface area contributed by atoms with Crippen molar-refractivity contribution in [2.45, 2.75) is 26.2 Å². The molecule has 0 saturated heterocycles. The Bertz CT molecular complexity index is 514. The lowest BCUT2D eigenvalue weighted by molar-refractivity contribution is 0.742. The van der Waals surface area contributed by atoms with Crippen LogP contribution < -0.4 is 5.32 Å². The van der Waals surface area contributed by atoms with E-state index >= 15 is 0 Å². The smallest absolute Gasteiger partial charge is 0.163 e. The SMILES string of the molecule is CCCCCNc1cc(Cl)nc(-c2ccccc2)n1. The first-order valence-electron chi connectivity index (χ1n) is 6.63. The molecule has 3 nitrogen and oxygen atoms in total. The molecule has 0 aliphatic carbocycles. The third-order valence-corrected chi connectivity index (χ3v) is 3.01. The molecule has 4 heteroatoms. The van der Waals surface area contributed by atoms with Crippen LogP contribution in [0.3, 0.4) is 0 Å². The van der Waals surface area contributed by atoms with Crippen LogP contribution in [0.2, 0.25) is 5.15 Å². The lowest BCUT2D eigenvalue weighted by atomic mass is 10.2. The van der Waals surface area contributed by atoms with E-state index in [0.717, 1.165) is 24.3 Å². The maximum Gasteiger partial charge on any atom is 0.163 e. The zero-order valence-corrected chi connectivity index (χ0v) is 11.8. The van der Waals surface area contributed by atoms with Gasteiger partial charge in [-0.1, -0.05) is 61.7 Å². The van der Waals surface area contributed by atoms with Gasteiger partial charge >= 0.3 is 0 Å². The van der Waals surface area contributed by atoms with Crippen molar-refractivity contribution in [1.82, 2.24) is 9.97 Å². The molecule has 1 N–H and O–H groups in total. The van der Waals surface area contributed by atoms with Gasteiger partial charge < -0.3 is 5.32 Å². The van der Waals surface area contributed by atoms with E-state index in [0.29, 0.717) is 11.0 Å². The number of hydrogen-bond acceptors (Lipinski definition) is 3.